The summed E-state index contributed by atoms with van der Waals surface area (Å²) in [5, 5.41) is 7.76. The van der Waals surface area contributed by atoms with Gasteiger partial charge in [0.2, 0.25) is 4.80 Å². The lowest BCUT2D eigenvalue weighted by Crippen LogP contribution is -2.14. The van der Waals surface area contributed by atoms with Crippen LogP contribution in [0.4, 0.5) is 0 Å². The van der Waals surface area contributed by atoms with Crippen molar-refractivity contribution < 1.29 is 4.42 Å². The summed E-state index contributed by atoms with van der Waals surface area (Å²) in [7, 11) is 0. The zero-order valence-electron chi connectivity index (χ0n) is 14.0. The van der Waals surface area contributed by atoms with Crippen molar-refractivity contribution in [2.75, 3.05) is 0 Å². The second-order valence-electron chi connectivity index (χ2n) is 5.76. The summed E-state index contributed by atoms with van der Waals surface area (Å²) < 4.78 is 7.32. The smallest absolute Gasteiger partial charge is 0.206 e. The van der Waals surface area contributed by atoms with Gasteiger partial charge in [-0.2, -0.15) is 5.10 Å². The Kier molecular flexibility index (Phi) is 5.47. The highest BCUT2D eigenvalue weighted by Gasteiger charge is 2.12. The normalized spacial score (nSPS) is 12.6. The van der Waals surface area contributed by atoms with E-state index in [1.807, 2.05) is 44.4 Å². The van der Waals surface area contributed by atoms with Gasteiger partial charge in [0, 0.05) is 22.0 Å². The predicted molar refractivity (Wildman–Crippen MR) is 105 cm³/mol. The number of halogens is 2. The third-order valence-electron chi connectivity index (χ3n) is 3.32. The molecular formula is C18H17Cl2N3OS. The predicted octanol–water partition coefficient (Wildman–Crippen LogP) is 5.62. The molecule has 7 heteroatoms. The maximum absolute atomic E-state index is 6.37. The van der Waals surface area contributed by atoms with E-state index in [4.69, 9.17) is 27.6 Å². The average Bonchev–Trinajstić information content (AvgIpc) is 3.13. The molecule has 0 N–H and O–H groups in total. The second-order valence-corrected chi connectivity index (χ2v) is 7.44. The SMILES string of the molecule is Cc1ccc(C=Nn2c(-c3cc(Cl)ccc3Cl)csc2=NC(C)C)o1. The number of hydrogen-bond donors (Lipinski definition) is 0. The van der Waals surface area contributed by atoms with Crippen LogP contribution in [0.15, 0.2) is 50.2 Å². The van der Waals surface area contributed by atoms with Crippen LogP contribution in [0, 0.1) is 6.92 Å². The number of aromatic nitrogens is 1. The summed E-state index contributed by atoms with van der Waals surface area (Å²) in [6.45, 7) is 5.94. The molecule has 0 unspecified atom stereocenters. The van der Waals surface area contributed by atoms with Gasteiger partial charge in [0.05, 0.1) is 16.9 Å². The van der Waals surface area contributed by atoms with Crippen LogP contribution < -0.4 is 4.80 Å². The Morgan fingerprint density at radius 3 is 2.68 bits per heavy atom. The minimum atomic E-state index is 0.147. The van der Waals surface area contributed by atoms with E-state index >= 15 is 0 Å². The van der Waals surface area contributed by atoms with E-state index < -0.39 is 0 Å². The molecule has 0 aliphatic heterocycles. The molecule has 0 spiro atoms. The van der Waals surface area contributed by atoms with Gasteiger partial charge in [0.25, 0.3) is 0 Å². The van der Waals surface area contributed by atoms with Gasteiger partial charge in [-0.1, -0.05) is 23.2 Å². The Bertz CT molecular complexity index is 982. The number of benzene rings is 1. The van der Waals surface area contributed by atoms with Crippen molar-refractivity contribution in [3.8, 4) is 11.3 Å². The van der Waals surface area contributed by atoms with Gasteiger partial charge in [-0.15, -0.1) is 11.3 Å². The quantitative estimate of drug-likeness (QED) is 0.530. The average molecular weight is 394 g/mol. The summed E-state index contributed by atoms with van der Waals surface area (Å²) >= 11 is 14.0. The minimum Gasteiger partial charge on any atom is -0.460 e. The third-order valence-corrected chi connectivity index (χ3v) is 4.71. The van der Waals surface area contributed by atoms with E-state index in [2.05, 4.69) is 10.1 Å². The Labute approximate surface area is 160 Å². The molecule has 2 heterocycles. The van der Waals surface area contributed by atoms with Gasteiger partial charge in [0.15, 0.2) is 0 Å². The zero-order valence-corrected chi connectivity index (χ0v) is 16.4. The lowest BCUT2D eigenvalue weighted by atomic mass is 10.2. The first-order chi connectivity index (χ1) is 11.9. The van der Waals surface area contributed by atoms with Crippen LogP contribution in [0.3, 0.4) is 0 Å². The first-order valence-corrected chi connectivity index (χ1v) is 9.38. The molecule has 4 nitrogen and oxygen atoms in total. The highest BCUT2D eigenvalue weighted by Crippen LogP contribution is 2.31. The van der Waals surface area contributed by atoms with E-state index in [-0.39, 0.29) is 6.04 Å². The Morgan fingerprint density at radius 1 is 1.20 bits per heavy atom. The number of thiazole rings is 1. The summed E-state index contributed by atoms with van der Waals surface area (Å²) in [4.78, 5) is 5.41. The van der Waals surface area contributed by atoms with Gasteiger partial charge >= 0.3 is 0 Å². The largest absolute Gasteiger partial charge is 0.460 e. The molecule has 0 aliphatic carbocycles. The number of hydrogen-bond acceptors (Lipinski definition) is 4. The van der Waals surface area contributed by atoms with E-state index in [9.17, 15) is 0 Å². The van der Waals surface area contributed by atoms with Crippen molar-refractivity contribution >= 4 is 40.8 Å². The van der Waals surface area contributed by atoms with Crippen molar-refractivity contribution in [3.05, 3.63) is 62.1 Å². The topological polar surface area (TPSA) is 42.8 Å². The van der Waals surface area contributed by atoms with Crippen molar-refractivity contribution in [3.63, 3.8) is 0 Å². The molecule has 0 radical (unpaired) electrons. The molecule has 0 saturated heterocycles. The van der Waals surface area contributed by atoms with Crippen LogP contribution in [0.2, 0.25) is 10.0 Å². The molecule has 0 amide bonds. The van der Waals surface area contributed by atoms with Crippen molar-refractivity contribution in [2.24, 2.45) is 10.1 Å². The summed E-state index contributed by atoms with van der Waals surface area (Å²) in [6.07, 6.45) is 1.67. The fourth-order valence-corrected chi connectivity index (χ4v) is 3.59. The lowest BCUT2D eigenvalue weighted by molar-refractivity contribution is 0.527. The van der Waals surface area contributed by atoms with E-state index in [1.165, 1.54) is 11.3 Å². The highest BCUT2D eigenvalue weighted by molar-refractivity contribution is 7.07. The van der Waals surface area contributed by atoms with Crippen LogP contribution in [-0.4, -0.2) is 16.9 Å². The molecule has 130 valence electrons. The minimum absolute atomic E-state index is 0.147. The number of furan rings is 1. The standard InChI is InChI=1S/C18H17Cl2N3OS/c1-11(2)22-18-23(21-9-14-6-4-12(3)24-14)17(10-25-18)15-8-13(19)5-7-16(15)20/h4-11H,1-3H3. The first kappa shape index (κ1) is 18.0. The number of rotatable bonds is 4. The molecule has 1 aromatic carbocycles. The maximum atomic E-state index is 6.37. The van der Waals surface area contributed by atoms with Gasteiger partial charge < -0.3 is 4.42 Å². The molecule has 0 aliphatic rings. The van der Waals surface area contributed by atoms with Gasteiger partial charge in [-0.3, -0.25) is 4.99 Å². The molecule has 3 aromatic rings. The Morgan fingerprint density at radius 2 is 2.00 bits per heavy atom. The summed E-state index contributed by atoms with van der Waals surface area (Å²) in [6, 6.07) is 9.28. The van der Waals surface area contributed by atoms with E-state index in [0.29, 0.717) is 15.8 Å². The molecule has 0 atom stereocenters. The number of nitrogens with zero attached hydrogens (tertiary/aromatic N) is 3. The molecule has 2 aromatic heterocycles. The second kappa shape index (κ2) is 7.60. The van der Waals surface area contributed by atoms with Gasteiger partial charge in [-0.05, 0) is 51.1 Å². The Hall–Kier alpha value is -1.82. The third kappa shape index (κ3) is 4.24. The van der Waals surface area contributed by atoms with Crippen LogP contribution in [0.5, 0.6) is 0 Å². The molecule has 25 heavy (non-hydrogen) atoms. The molecule has 0 bridgehead atoms. The molecular weight excluding hydrogens is 377 g/mol. The fraction of sp³-hybridized carbons (Fsp3) is 0.222. The molecule has 0 fully saturated rings. The fourth-order valence-electron chi connectivity index (χ4n) is 2.24. The van der Waals surface area contributed by atoms with Crippen LogP contribution in [0.25, 0.3) is 11.3 Å². The van der Waals surface area contributed by atoms with Crippen LogP contribution in [0.1, 0.15) is 25.4 Å². The van der Waals surface area contributed by atoms with Crippen molar-refractivity contribution in [1.82, 2.24) is 4.68 Å². The van der Waals surface area contributed by atoms with E-state index in [1.54, 1.807) is 23.0 Å². The van der Waals surface area contributed by atoms with Crippen LogP contribution in [-0.2, 0) is 0 Å². The van der Waals surface area contributed by atoms with Gasteiger partial charge in [-0.25, -0.2) is 4.68 Å². The number of aryl methyl sites for hydroxylation is 1. The lowest BCUT2D eigenvalue weighted by Gasteiger charge is -2.06. The van der Waals surface area contributed by atoms with Crippen LogP contribution >= 0.6 is 34.5 Å². The summed E-state index contributed by atoms with van der Waals surface area (Å²) in [5.74, 6) is 1.51. The van der Waals surface area contributed by atoms with Gasteiger partial charge in [0.1, 0.15) is 11.5 Å². The van der Waals surface area contributed by atoms with Crippen molar-refractivity contribution in [2.45, 2.75) is 26.8 Å². The first-order valence-electron chi connectivity index (χ1n) is 7.74. The van der Waals surface area contributed by atoms with Crippen molar-refractivity contribution in [1.29, 1.82) is 0 Å². The monoisotopic (exact) mass is 393 g/mol. The molecule has 3 rings (SSSR count). The van der Waals surface area contributed by atoms with E-state index in [0.717, 1.165) is 21.8 Å². The zero-order chi connectivity index (χ0) is 18.0. The summed E-state index contributed by atoms with van der Waals surface area (Å²) in [5.41, 5.74) is 1.64. The maximum Gasteiger partial charge on any atom is 0.206 e. The molecule has 0 saturated carbocycles. The highest BCUT2D eigenvalue weighted by atomic mass is 35.5. The Balaban J connectivity index is 2.15.